The smallest absolute Gasteiger partial charge is 0.119 e. The van der Waals surface area contributed by atoms with Gasteiger partial charge in [-0.3, -0.25) is 0 Å². The lowest BCUT2D eigenvalue weighted by Crippen LogP contribution is -2.37. The van der Waals surface area contributed by atoms with Crippen LogP contribution < -0.4 is 5.32 Å². The Morgan fingerprint density at radius 1 is 0.895 bits per heavy atom. The summed E-state index contributed by atoms with van der Waals surface area (Å²) in [6, 6.07) is 20.0. The molecule has 0 bridgehead atoms. The van der Waals surface area contributed by atoms with Crippen LogP contribution in [0.1, 0.15) is 17.5 Å². The summed E-state index contributed by atoms with van der Waals surface area (Å²) < 4.78 is 0. The number of rotatable bonds is 3. The van der Waals surface area contributed by atoms with Gasteiger partial charge >= 0.3 is 0 Å². The largest absolute Gasteiger partial charge is 0.380 e. The molecular weight excluding hydrogens is 234 g/mol. The van der Waals surface area contributed by atoms with Crippen molar-refractivity contribution in [2.75, 3.05) is 13.1 Å². The Balaban J connectivity index is 2.10. The van der Waals surface area contributed by atoms with Crippen molar-refractivity contribution in [2.24, 2.45) is 5.92 Å². The summed E-state index contributed by atoms with van der Waals surface area (Å²) >= 11 is 0. The maximum absolute atomic E-state index is 11.4. The zero-order valence-corrected chi connectivity index (χ0v) is 10.9. The molecule has 0 unspecified atom stereocenters. The van der Waals surface area contributed by atoms with Gasteiger partial charge in [0, 0.05) is 12.5 Å². The van der Waals surface area contributed by atoms with E-state index in [2.05, 4.69) is 5.32 Å². The van der Waals surface area contributed by atoms with Gasteiger partial charge in [-0.05, 0) is 24.1 Å². The summed E-state index contributed by atoms with van der Waals surface area (Å²) in [5.74, 6) is 0.220. The summed E-state index contributed by atoms with van der Waals surface area (Å²) in [6.07, 6.45) is 1.00. The van der Waals surface area contributed by atoms with E-state index in [0.29, 0.717) is 0 Å². The Kier molecular flexibility index (Phi) is 3.36. The number of hydrogen-bond acceptors (Lipinski definition) is 2. The zero-order valence-electron chi connectivity index (χ0n) is 10.9. The van der Waals surface area contributed by atoms with Crippen molar-refractivity contribution in [1.82, 2.24) is 5.32 Å². The van der Waals surface area contributed by atoms with Crippen LogP contribution in [0.5, 0.6) is 0 Å². The Labute approximate surface area is 114 Å². The summed E-state index contributed by atoms with van der Waals surface area (Å²) in [4.78, 5) is 0. The van der Waals surface area contributed by atoms with E-state index in [4.69, 9.17) is 0 Å². The van der Waals surface area contributed by atoms with Gasteiger partial charge in [-0.25, -0.2) is 0 Å². The van der Waals surface area contributed by atoms with E-state index in [1.165, 1.54) is 0 Å². The van der Waals surface area contributed by atoms with Crippen molar-refractivity contribution in [2.45, 2.75) is 12.0 Å². The molecule has 2 aromatic carbocycles. The van der Waals surface area contributed by atoms with Crippen molar-refractivity contribution in [3.8, 4) is 0 Å². The molecule has 2 heteroatoms. The Morgan fingerprint density at radius 3 is 1.84 bits per heavy atom. The van der Waals surface area contributed by atoms with Crippen LogP contribution in [0.3, 0.4) is 0 Å². The minimum Gasteiger partial charge on any atom is -0.380 e. The highest BCUT2D eigenvalue weighted by Crippen LogP contribution is 2.39. The molecule has 2 N–H and O–H groups in total. The highest BCUT2D eigenvalue weighted by molar-refractivity contribution is 5.37. The predicted octanol–water partition coefficient (Wildman–Crippen LogP) is 2.53. The molecule has 0 radical (unpaired) electrons. The van der Waals surface area contributed by atoms with Crippen LogP contribution in [0.2, 0.25) is 0 Å². The summed E-state index contributed by atoms with van der Waals surface area (Å²) in [5.41, 5.74) is 1.07. The fourth-order valence-corrected chi connectivity index (χ4v) is 3.03. The molecule has 1 aliphatic heterocycles. The molecule has 0 aliphatic carbocycles. The molecule has 0 amide bonds. The zero-order chi connectivity index (χ0) is 13.1. The molecule has 1 fully saturated rings. The van der Waals surface area contributed by atoms with Crippen LogP contribution in [0.4, 0.5) is 0 Å². The first-order chi connectivity index (χ1) is 9.32. The molecular formula is C17H19NO. The lowest BCUT2D eigenvalue weighted by atomic mass is 9.75. The molecule has 0 spiro atoms. The van der Waals surface area contributed by atoms with E-state index >= 15 is 0 Å². The minimum absolute atomic E-state index is 0.220. The molecule has 2 aromatic rings. The molecule has 3 rings (SSSR count). The van der Waals surface area contributed by atoms with E-state index in [0.717, 1.165) is 30.6 Å². The van der Waals surface area contributed by atoms with Crippen molar-refractivity contribution in [1.29, 1.82) is 0 Å². The molecule has 1 saturated heterocycles. The molecule has 0 aromatic heterocycles. The third kappa shape index (κ3) is 2.18. The van der Waals surface area contributed by atoms with Gasteiger partial charge in [0.15, 0.2) is 0 Å². The molecule has 1 atom stereocenters. The van der Waals surface area contributed by atoms with E-state index < -0.39 is 5.60 Å². The minimum atomic E-state index is -0.897. The van der Waals surface area contributed by atoms with Crippen LogP contribution in [0.15, 0.2) is 60.7 Å². The second-order valence-corrected chi connectivity index (χ2v) is 5.19. The Bertz CT molecular complexity index is 478. The second-order valence-electron chi connectivity index (χ2n) is 5.19. The van der Waals surface area contributed by atoms with Gasteiger partial charge in [0.25, 0.3) is 0 Å². The van der Waals surface area contributed by atoms with Crippen LogP contribution >= 0.6 is 0 Å². The van der Waals surface area contributed by atoms with Gasteiger partial charge in [0.2, 0.25) is 0 Å². The Hall–Kier alpha value is -1.64. The van der Waals surface area contributed by atoms with E-state index in [1.54, 1.807) is 0 Å². The van der Waals surface area contributed by atoms with Gasteiger partial charge in [-0.15, -0.1) is 0 Å². The molecule has 2 nitrogen and oxygen atoms in total. The average molecular weight is 253 g/mol. The van der Waals surface area contributed by atoms with Crippen molar-refractivity contribution in [3.05, 3.63) is 71.8 Å². The maximum atomic E-state index is 11.4. The normalized spacial score (nSPS) is 19.5. The number of nitrogens with one attached hydrogen (secondary N) is 1. The van der Waals surface area contributed by atoms with Gasteiger partial charge in [-0.2, -0.15) is 0 Å². The first-order valence-corrected chi connectivity index (χ1v) is 6.86. The van der Waals surface area contributed by atoms with E-state index in [1.807, 2.05) is 60.7 Å². The lowest BCUT2D eigenvalue weighted by molar-refractivity contribution is 0.0245. The first kappa shape index (κ1) is 12.4. The standard InChI is InChI=1S/C17H19NO/c19-17(16-11-12-18-13-16,14-7-3-1-4-8-14)15-9-5-2-6-10-15/h1-10,16,18-19H,11-13H2/t16-/m0/s1. The number of benzene rings is 2. The maximum Gasteiger partial charge on any atom is 0.119 e. The van der Waals surface area contributed by atoms with Gasteiger partial charge < -0.3 is 10.4 Å². The Morgan fingerprint density at radius 2 is 1.42 bits per heavy atom. The topological polar surface area (TPSA) is 32.3 Å². The summed E-state index contributed by atoms with van der Waals surface area (Å²) in [6.45, 7) is 1.84. The highest BCUT2D eigenvalue weighted by atomic mass is 16.3. The monoisotopic (exact) mass is 253 g/mol. The SMILES string of the molecule is OC(c1ccccc1)(c1ccccc1)[C@H]1CCNC1. The van der Waals surface area contributed by atoms with Crippen LogP contribution in [-0.4, -0.2) is 18.2 Å². The van der Waals surface area contributed by atoms with Crippen LogP contribution in [0.25, 0.3) is 0 Å². The van der Waals surface area contributed by atoms with Crippen LogP contribution in [0, 0.1) is 5.92 Å². The van der Waals surface area contributed by atoms with E-state index in [9.17, 15) is 5.11 Å². The fraction of sp³-hybridized carbons (Fsp3) is 0.294. The van der Waals surface area contributed by atoms with Crippen molar-refractivity contribution >= 4 is 0 Å². The molecule has 19 heavy (non-hydrogen) atoms. The molecule has 1 aliphatic rings. The predicted molar refractivity (Wildman–Crippen MR) is 76.9 cm³/mol. The average Bonchev–Trinajstić information content (AvgIpc) is 3.03. The number of hydrogen-bond donors (Lipinski definition) is 2. The van der Waals surface area contributed by atoms with Gasteiger partial charge in [0.1, 0.15) is 5.60 Å². The molecule has 98 valence electrons. The molecule has 1 heterocycles. The lowest BCUT2D eigenvalue weighted by Gasteiger charge is -2.35. The van der Waals surface area contributed by atoms with Gasteiger partial charge in [-0.1, -0.05) is 60.7 Å². The second kappa shape index (κ2) is 5.16. The fourth-order valence-electron chi connectivity index (χ4n) is 3.03. The van der Waals surface area contributed by atoms with Crippen molar-refractivity contribution in [3.63, 3.8) is 0 Å². The summed E-state index contributed by atoms with van der Waals surface area (Å²) in [7, 11) is 0. The third-order valence-corrected chi connectivity index (χ3v) is 4.08. The third-order valence-electron chi connectivity index (χ3n) is 4.08. The quantitative estimate of drug-likeness (QED) is 0.881. The van der Waals surface area contributed by atoms with Gasteiger partial charge in [0.05, 0.1) is 0 Å². The first-order valence-electron chi connectivity index (χ1n) is 6.86. The summed E-state index contributed by atoms with van der Waals surface area (Å²) in [5, 5.41) is 14.8. The van der Waals surface area contributed by atoms with Crippen LogP contribution in [-0.2, 0) is 5.60 Å². The van der Waals surface area contributed by atoms with Crippen molar-refractivity contribution < 1.29 is 5.11 Å². The molecule has 0 saturated carbocycles. The van der Waals surface area contributed by atoms with E-state index in [-0.39, 0.29) is 5.92 Å². The highest BCUT2D eigenvalue weighted by Gasteiger charge is 2.41. The number of aliphatic hydroxyl groups is 1.